The van der Waals surface area contributed by atoms with Crippen LogP contribution in [0.2, 0.25) is 0 Å². The lowest BCUT2D eigenvalue weighted by Crippen LogP contribution is -2.53. The lowest BCUT2D eigenvalue weighted by molar-refractivity contribution is 0.115. The number of likely N-dealkylation sites (N-methyl/N-ethyl adjacent to an activating group) is 1. The van der Waals surface area contributed by atoms with Gasteiger partial charge in [-0.2, -0.15) is 0 Å². The van der Waals surface area contributed by atoms with Crippen molar-refractivity contribution in [2.45, 2.75) is 64.6 Å². The first kappa shape index (κ1) is 17.9. The lowest BCUT2D eigenvalue weighted by atomic mass is 9.93. The summed E-state index contributed by atoms with van der Waals surface area (Å²) in [6.07, 6.45) is 3.69. The molecule has 120 valence electrons. The van der Waals surface area contributed by atoms with Gasteiger partial charge in [0.25, 0.3) is 0 Å². The number of aliphatic hydroxyl groups excluding tert-OH is 1. The van der Waals surface area contributed by atoms with Crippen molar-refractivity contribution < 1.29 is 5.11 Å². The largest absolute Gasteiger partial charge is 0.394 e. The van der Waals surface area contributed by atoms with Crippen LogP contribution in [0.25, 0.3) is 0 Å². The molecular weight excluding hydrogens is 250 g/mol. The Bertz CT molecular complexity index is 266. The molecule has 20 heavy (non-hydrogen) atoms. The first-order valence-corrected chi connectivity index (χ1v) is 8.17. The zero-order chi connectivity index (χ0) is 15.2. The molecule has 0 bridgehead atoms. The highest BCUT2D eigenvalue weighted by atomic mass is 16.3. The van der Waals surface area contributed by atoms with E-state index in [0.29, 0.717) is 12.1 Å². The van der Waals surface area contributed by atoms with Gasteiger partial charge in [0.15, 0.2) is 0 Å². The number of hydrogen-bond donors (Lipinski definition) is 2. The molecule has 2 unspecified atom stereocenters. The molecule has 2 atom stereocenters. The zero-order valence-corrected chi connectivity index (χ0v) is 14.2. The molecule has 0 amide bonds. The molecule has 0 radical (unpaired) electrons. The molecule has 0 aromatic heterocycles. The normalized spacial score (nSPS) is 21.6. The van der Waals surface area contributed by atoms with Gasteiger partial charge in [0.1, 0.15) is 0 Å². The van der Waals surface area contributed by atoms with Crippen molar-refractivity contribution in [1.29, 1.82) is 0 Å². The molecule has 1 heterocycles. The van der Waals surface area contributed by atoms with E-state index in [-0.39, 0.29) is 12.1 Å². The number of rotatable bonds is 9. The number of nitrogens with zero attached hydrogens (tertiary/aromatic N) is 2. The van der Waals surface area contributed by atoms with Crippen LogP contribution in [0, 0.1) is 0 Å². The summed E-state index contributed by atoms with van der Waals surface area (Å²) in [6.45, 7) is 13.7. The number of nitrogens with one attached hydrogen (secondary N) is 1. The van der Waals surface area contributed by atoms with Crippen molar-refractivity contribution in [2.75, 3.05) is 39.8 Å². The maximum Gasteiger partial charge on any atom is 0.0611 e. The van der Waals surface area contributed by atoms with Crippen molar-refractivity contribution in [3.8, 4) is 0 Å². The first-order chi connectivity index (χ1) is 9.36. The minimum Gasteiger partial charge on any atom is -0.394 e. The average Bonchev–Trinajstić information content (AvgIpc) is 2.87. The van der Waals surface area contributed by atoms with Crippen molar-refractivity contribution in [2.24, 2.45) is 0 Å². The Balaban J connectivity index is 2.36. The SMILES string of the molecule is CC(C)NC(C)(CO)CC(C)N(C)CCN1CCCC1. The second-order valence-electron chi connectivity index (χ2n) is 7.10. The molecule has 0 spiro atoms. The van der Waals surface area contributed by atoms with Gasteiger partial charge in [-0.1, -0.05) is 13.8 Å². The van der Waals surface area contributed by atoms with Crippen LogP contribution in [0.1, 0.15) is 47.0 Å². The third-order valence-electron chi connectivity index (χ3n) is 4.45. The summed E-state index contributed by atoms with van der Waals surface area (Å²) in [4.78, 5) is 4.98. The summed E-state index contributed by atoms with van der Waals surface area (Å²) in [5.41, 5.74) is -0.185. The zero-order valence-electron chi connectivity index (χ0n) is 14.2. The molecule has 0 saturated carbocycles. The molecule has 2 N–H and O–H groups in total. The van der Waals surface area contributed by atoms with E-state index in [1.54, 1.807) is 0 Å². The van der Waals surface area contributed by atoms with Gasteiger partial charge in [0, 0.05) is 30.7 Å². The van der Waals surface area contributed by atoms with Crippen molar-refractivity contribution >= 4 is 0 Å². The molecule has 0 aromatic carbocycles. The predicted octanol–water partition coefficient (Wildman–Crippen LogP) is 1.54. The maximum atomic E-state index is 9.68. The molecule has 1 saturated heterocycles. The number of aliphatic hydroxyl groups is 1. The molecular formula is C16H35N3O. The first-order valence-electron chi connectivity index (χ1n) is 8.17. The van der Waals surface area contributed by atoms with Crippen LogP contribution in [0.15, 0.2) is 0 Å². The highest BCUT2D eigenvalue weighted by Crippen LogP contribution is 2.16. The molecule has 1 rings (SSSR count). The number of hydrogen-bond acceptors (Lipinski definition) is 4. The second kappa shape index (κ2) is 8.32. The maximum absolute atomic E-state index is 9.68. The van der Waals surface area contributed by atoms with Crippen LogP contribution in [-0.2, 0) is 0 Å². The van der Waals surface area contributed by atoms with E-state index in [4.69, 9.17) is 0 Å². The molecule has 0 aromatic rings. The van der Waals surface area contributed by atoms with Crippen LogP contribution >= 0.6 is 0 Å². The highest BCUT2D eigenvalue weighted by Gasteiger charge is 2.28. The standard InChI is InChI=1S/C16H35N3O/c1-14(2)17-16(4,13-20)12-15(3)18(5)10-11-19-8-6-7-9-19/h14-15,17,20H,6-13H2,1-5H3. The van der Waals surface area contributed by atoms with Gasteiger partial charge in [-0.25, -0.2) is 0 Å². The Labute approximate surface area is 125 Å². The number of likely N-dealkylation sites (tertiary alicyclic amines) is 1. The molecule has 4 nitrogen and oxygen atoms in total. The topological polar surface area (TPSA) is 38.7 Å². The van der Waals surface area contributed by atoms with E-state index in [9.17, 15) is 5.11 Å². The quantitative estimate of drug-likeness (QED) is 0.674. The van der Waals surface area contributed by atoms with Gasteiger partial charge in [-0.15, -0.1) is 0 Å². The molecule has 1 aliphatic heterocycles. The fourth-order valence-corrected chi connectivity index (χ4v) is 3.20. The predicted molar refractivity (Wildman–Crippen MR) is 86.1 cm³/mol. The van der Waals surface area contributed by atoms with Gasteiger partial charge in [-0.3, -0.25) is 0 Å². The van der Waals surface area contributed by atoms with Crippen LogP contribution in [0.3, 0.4) is 0 Å². The summed E-state index contributed by atoms with van der Waals surface area (Å²) in [5, 5.41) is 13.2. The average molecular weight is 285 g/mol. The summed E-state index contributed by atoms with van der Waals surface area (Å²) < 4.78 is 0. The summed E-state index contributed by atoms with van der Waals surface area (Å²) in [6, 6.07) is 0.871. The molecule has 1 aliphatic rings. The minimum atomic E-state index is -0.185. The van der Waals surface area contributed by atoms with E-state index in [1.165, 1.54) is 32.5 Å². The van der Waals surface area contributed by atoms with Crippen LogP contribution in [0.4, 0.5) is 0 Å². The summed E-state index contributed by atoms with van der Waals surface area (Å²) in [5.74, 6) is 0. The Hall–Kier alpha value is -0.160. The summed E-state index contributed by atoms with van der Waals surface area (Å²) in [7, 11) is 2.20. The lowest BCUT2D eigenvalue weighted by Gasteiger charge is -2.37. The summed E-state index contributed by atoms with van der Waals surface area (Å²) >= 11 is 0. The Morgan fingerprint density at radius 1 is 1.25 bits per heavy atom. The van der Waals surface area contributed by atoms with Crippen LogP contribution in [0.5, 0.6) is 0 Å². The van der Waals surface area contributed by atoms with E-state index in [1.807, 2.05) is 0 Å². The molecule has 1 fully saturated rings. The van der Waals surface area contributed by atoms with Crippen molar-refractivity contribution in [1.82, 2.24) is 15.1 Å². The Morgan fingerprint density at radius 3 is 2.35 bits per heavy atom. The van der Waals surface area contributed by atoms with Gasteiger partial charge in [-0.05, 0) is 53.2 Å². The van der Waals surface area contributed by atoms with Gasteiger partial charge < -0.3 is 20.2 Å². The molecule has 4 heteroatoms. The van der Waals surface area contributed by atoms with Gasteiger partial charge >= 0.3 is 0 Å². The van der Waals surface area contributed by atoms with E-state index in [0.717, 1.165) is 13.0 Å². The van der Waals surface area contributed by atoms with Crippen LogP contribution in [-0.4, -0.2) is 72.4 Å². The van der Waals surface area contributed by atoms with E-state index >= 15 is 0 Å². The fourth-order valence-electron chi connectivity index (χ4n) is 3.20. The third kappa shape index (κ3) is 6.08. The molecule has 0 aliphatic carbocycles. The van der Waals surface area contributed by atoms with Crippen molar-refractivity contribution in [3.63, 3.8) is 0 Å². The highest BCUT2D eigenvalue weighted by molar-refractivity contribution is 4.88. The minimum absolute atomic E-state index is 0.185. The van der Waals surface area contributed by atoms with E-state index < -0.39 is 0 Å². The Morgan fingerprint density at radius 2 is 1.85 bits per heavy atom. The third-order valence-corrected chi connectivity index (χ3v) is 4.45. The van der Waals surface area contributed by atoms with E-state index in [2.05, 4.69) is 49.9 Å². The second-order valence-corrected chi connectivity index (χ2v) is 7.10. The monoisotopic (exact) mass is 285 g/mol. The van der Waals surface area contributed by atoms with Crippen molar-refractivity contribution in [3.05, 3.63) is 0 Å². The Kier molecular flexibility index (Phi) is 7.45. The van der Waals surface area contributed by atoms with Gasteiger partial charge in [0.2, 0.25) is 0 Å². The smallest absolute Gasteiger partial charge is 0.0611 e. The van der Waals surface area contributed by atoms with Gasteiger partial charge in [0.05, 0.1) is 6.61 Å². The van der Waals surface area contributed by atoms with Crippen LogP contribution < -0.4 is 5.32 Å². The fraction of sp³-hybridized carbons (Fsp3) is 1.00.